The first-order chi connectivity index (χ1) is 15.3. The predicted octanol–water partition coefficient (Wildman–Crippen LogP) is 4.15. The molecule has 0 radical (unpaired) electrons. The Bertz CT molecular complexity index is 1260. The average Bonchev–Trinajstić information content (AvgIpc) is 3.37. The lowest BCUT2D eigenvalue weighted by atomic mass is 10.1. The lowest BCUT2D eigenvalue weighted by Crippen LogP contribution is -2.37. The van der Waals surface area contributed by atoms with E-state index in [0.29, 0.717) is 25.1 Å². The van der Waals surface area contributed by atoms with Crippen LogP contribution >= 0.6 is 0 Å². The molecule has 32 heavy (non-hydrogen) atoms. The van der Waals surface area contributed by atoms with Crippen LogP contribution in [0.1, 0.15) is 23.6 Å². The van der Waals surface area contributed by atoms with Crippen LogP contribution in [0.25, 0.3) is 11.0 Å². The number of halogens is 3. The zero-order valence-corrected chi connectivity index (χ0v) is 17.6. The summed E-state index contributed by atoms with van der Waals surface area (Å²) in [5.41, 5.74) is 2.96. The first kappa shape index (κ1) is 20.3. The minimum atomic E-state index is -4.33. The molecular formula is C22H22F3N7. The van der Waals surface area contributed by atoms with Crippen LogP contribution < -0.4 is 10.2 Å². The van der Waals surface area contributed by atoms with Crippen LogP contribution in [-0.4, -0.2) is 37.4 Å². The van der Waals surface area contributed by atoms with Gasteiger partial charge in [-0.3, -0.25) is 4.68 Å². The molecule has 1 aromatic carbocycles. The number of nitrogens with zero attached hydrogens (tertiary/aromatic N) is 6. The molecule has 1 aliphatic rings. The zero-order valence-electron chi connectivity index (χ0n) is 17.6. The molecule has 166 valence electrons. The number of hydrogen-bond donors (Lipinski definition) is 1. The third-order valence-corrected chi connectivity index (χ3v) is 5.81. The Kier molecular flexibility index (Phi) is 4.79. The molecule has 5 rings (SSSR count). The number of rotatable bonds is 5. The number of anilines is 2. The number of likely N-dealkylation sites (N-methyl/N-ethyl adjacent to an activating group) is 1. The SMILES string of the molecule is C[C@H]1Cn2ccc3nc(NCc4cnn(Cc5ccc(C(F)(F)F)cc5)c4)nc(c32)N1C. The van der Waals surface area contributed by atoms with Crippen molar-refractivity contribution in [1.82, 2.24) is 24.3 Å². The van der Waals surface area contributed by atoms with Crippen LogP contribution in [0.3, 0.4) is 0 Å². The molecule has 0 spiro atoms. The van der Waals surface area contributed by atoms with Crippen LogP contribution in [0.4, 0.5) is 24.9 Å². The van der Waals surface area contributed by atoms with Crippen molar-refractivity contribution in [2.24, 2.45) is 0 Å². The molecule has 0 aliphatic carbocycles. The minimum absolute atomic E-state index is 0.337. The van der Waals surface area contributed by atoms with Gasteiger partial charge < -0.3 is 14.8 Å². The van der Waals surface area contributed by atoms with Crippen LogP contribution in [0.5, 0.6) is 0 Å². The van der Waals surface area contributed by atoms with Crippen molar-refractivity contribution in [3.8, 4) is 0 Å². The third kappa shape index (κ3) is 3.76. The number of benzene rings is 1. The van der Waals surface area contributed by atoms with E-state index in [1.165, 1.54) is 12.1 Å². The van der Waals surface area contributed by atoms with E-state index in [1.54, 1.807) is 10.9 Å². The molecule has 0 fully saturated rings. The molecule has 1 aliphatic heterocycles. The number of alkyl halides is 3. The van der Waals surface area contributed by atoms with E-state index in [2.05, 4.69) is 31.8 Å². The molecule has 0 saturated carbocycles. The van der Waals surface area contributed by atoms with Crippen molar-refractivity contribution in [1.29, 1.82) is 0 Å². The molecule has 1 N–H and O–H groups in total. The van der Waals surface area contributed by atoms with Gasteiger partial charge in [0.25, 0.3) is 0 Å². The van der Waals surface area contributed by atoms with E-state index in [0.717, 1.165) is 46.7 Å². The Hall–Kier alpha value is -3.56. The second-order valence-corrected chi connectivity index (χ2v) is 8.13. The highest BCUT2D eigenvalue weighted by Crippen LogP contribution is 2.31. The first-order valence-corrected chi connectivity index (χ1v) is 10.3. The summed E-state index contributed by atoms with van der Waals surface area (Å²) in [5.74, 6) is 1.45. The van der Waals surface area contributed by atoms with Crippen LogP contribution in [0.15, 0.2) is 48.9 Å². The van der Waals surface area contributed by atoms with Gasteiger partial charge in [-0.05, 0) is 30.7 Å². The van der Waals surface area contributed by atoms with Crippen molar-refractivity contribution >= 4 is 22.8 Å². The average molecular weight is 441 g/mol. The van der Waals surface area contributed by atoms with Crippen LogP contribution in [-0.2, 0) is 25.8 Å². The smallest absolute Gasteiger partial charge is 0.353 e. The van der Waals surface area contributed by atoms with Crippen LogP contribution in [0, 0.1) is 0 Å². The summed E-state index contributed by atoms with van der Waals surface area (Å²) in [6, 6.07) is 7.46. The van der Waals surface area contributed by atoms with Gasteiger partial charge in [-0.2, -0.15) is 23.3 Å². The molecule has 4 aromatic rings. The lowest BCUT2D eigenvalue weighted by molar-refractivity contribution is -0.137. The second kappa shape index (κ2) is 7.54. The maximum atomic E-state index is 12.7. The van der Waals surface area contributed by atoms with Gasteiger partial charge in [0.05, 0.1) is 23.8 Å². The first-order valence-electron chi connectivity index (χ1n) is 10.3. The van der Waals surface area contributed by atoms with E-state index >= 15 is 0 Å². The molecule has 4 heterocycles. The summed E-state index contributed by atoms with van der Waals surface area (Å²) < 4.78 is 42.0. The van der Waals surface area contributed by atoms with E-state index in [9.17, 15) is 13.2 Å². The monoisotopic (exact) mass is 441 g/mol. The van der Waals surface area contributed by atoms with E-state index in [1.807, 2.05) is 25.5 Å². The largest absolute Gasteiger partial charge is 0.416 e. The molecule has 0 bridgehead atoms. The van der Waals surface area contributed by atoms with Crippen molar-refractivity contribution < 1.29 is 13.2 Å². The quantitative estimate of drug-likeness (QED) is 0.504. The second-order valence-electron chi connectivity index (χ2n) is 8.13. The molecule has 10 heteroatoms. The summed E-state index contributed by atoms with van der Waals surface area (Å²) >= 11 is 0. The van der Waals surface area contributed by atoms with Crippen molar-refractivity contribution in [3.63, 3.8) is 0 Å². The van der Waals surface area contributed by atoms with E-state index in [-0.39, 0.29) is 0 Å². The zero-order chi connectivity index (χ0) is 22.5. The summed E-state index contributed by atoms with van der Waals surface area (Å²) in [5, 5.41) is 7.58. The standard InChI is InChI=1S/C22H22F3N7/c1-14-11-31-8-7-18-19(31)20(30(14)2)29-21(28-18)26-9-16-10-27-32(13-16)12-15-3-5-17(6-4-15)22(23,24)25/h3-8,10,13-14H,9,11-12H2,1-2H3,(H,26,28,29)/t14-/m0/s1. The fraction of sp³-hybridized carbons (Fsp3) is 0.318. The molecule has 0 unspecified atom stereocenters. The highest BCUT2D eigenvalue weighted by atomic mass is 19.4. The van der Waals surface area contributed by atoms with Gasteiger partial charge in [-0.25, -0.2) is 4.98 Å². The molecule has 0 amide bonds. The van der Waals surface area contributed by atoms with Crippen LogP contribution in [0.2, 0.25) is 0 Å². The fourth-order valence-corrected chi connectivity index (χ4v) is 3.93. The fourth-order valence-electron chi connectivity index (χ4n) is 3.93. The van der Waals surface area contributed by atoms with Gasteiger partial charge in [0, 0.05) is 44.1 Å². The van der Waals surface area contributed by atoms with Crippen molar-refractivity contribution in [3.05, 3.63) is 65.6 Å². The maximum absolute atomic E-state index is 12.7. The molecule has 0 saturated heterocycles. The highest BCUT2D eigenvalue weighted by Gasteiger charge is 2.30. The maximum Gasteiger partial charge on any atom is 0.416 e. The van der Waals surface area contributed by atoms with Gasteiger partial charge in [-0.15, -0.1) is 0 Å². The number of nitrogens with one attached hydrogen (secondary N) is 1. The Labute approximate surface area is 182 Å². The molecular weight excluding hydrogens is 419 g/mol. The normalized spacial score (nSPS) is 16.0. The van der Waals surface area contributed by atoms with E-state index < -0.39 is 11.7 Å². The van der Waals surface area contributed by atoms with Gasteiger partial charge >= 0.3 is 6.18 Å². The Morgan fingerprint density at radius 1 is 1.09 bits per heavy atom. The highest BCUT2D eigenvalue weighted by molar-refractivity contribution is 5.89. The molecule has 1 atom stereocenters. The predicted molar refractivity (Wildman–Crippen MR) is 115 cm³/mol. The molecule has 3 aromatic heterocycles. The Balaban J connectivity index is 1.27. The van der Waals surface area contributed by atoms with Crippen molar-refractivity contribution in [2.75, 3.05) is 17.3 Å². The summed E-state index contributed by atoms with van der Waals surface area (Å²) in [6.45, 7) is 3.94. The van der Waals surface area contributed by atoms with Crippen molar-refractivity contribution in [2.45, 2.75) is 38.8 Å². The summed E-state index contributed by atoms with van der Waals surface area (Å²) in [6.07, 6.45) is 1.30. The summed E-state index contributed by atoms with van der Waals surface area (Å²) in [7, 11) is 2.04. The third-order valence-electron chi connectivity index (χ3n) is 5.81. The topological polar surface area (TPSA) is 63.8 Å². The Morgan fingerprint density at radius 3 is 2.62 bits per heavy atom. The minimum Gasteiger partial charge on any atom is -0.353 e. The molecule has 7 nitrogen and oxygen atoms in total. The van der Waals surface area contributed by atoms with Gasteiger partial charge in [0.15, 0.2) is 5.82 Å². The summed E-state index contributed by atoms with van der Waals surface area (Å²) in [4.78, 5) is 11.5. The van der Waals surface area contributed by atoms with Gasteiger partial charge in [0.2, 0.25) is 5.95 Å². The lowest BCUT2D eigenvalue weighted by Gasteiger charge is -2.32. The Morgan fingerprint density at radius 2 is 1.88 bits per heavy atom. The van der Waals surface area contributed by atoms with E-state index in [4.69, 9.17) is 4.98 Å². The number of hydrogen-bond acceptors (Lipinski definition) is 5. The van der Waals surface area contributed by atoms with Gasteiger partial charge in [-0.1, -0.05) is 12.1 Å². The number of aromatic nitrogens is 5. The van der Waals surface area contributed by atoms with Gasteiger partial charge in [0.1, 0.15) is 5.52 Å².